The van der Waals surface area contributed by atoms with Gasteiger partial charge < -0.3 is 15.0 Å². The smallest absolute Gasteiger partial charge is 0.342 e. The normalized spacial score (nSPS) is 23.5. The molecule has 0 aliphatic carbocycles. The topological polar surface area (TPSA) is 119 Å². The number of hydrogen-bond acceptors (Lipinski definition) is 8. The molecule has 3 aliphatic rings. The van der Waals surface area contributed by atoms with Gasteiger partial charge in [0.1, 0.15) is 5.57 Å². The van der Waals surface area contributed by atoms with Gasteiger partial charge in [0.2, 0.25) is 16.9 Å². The third-order valence-corrected chi connectivity index (χ3v) is 9.41. The highest BCUT2D eigenvalue weighted by molar-refractivity contribution is 8.02. The summed E-state index contributed by atoms with van der Waals surface area (Å²) in [6, 6.07) is 24.0. The summed E-state index contributed by atoms with van der Waals surface area (Å²) >= 11 is 0.867. The van der Waals surface area contributed by atoms with Gasteiger partial charge >= 0.3 is 5.97 Å². The van der Waals surface area contributed by atoms with Crippen LogP contribution in [0.4, 0.5) is 0 Å². The maximum atomic E-state index is 13.9. The van der Waals surface area contributed by atoms with Crippen molar-refractivity contribution in [2.45, 2.75) is 34.3 Å². The molecule has 3 heterocycles. The molecular formula is C28H22N2O7S2. The Balaban J connectivity index is 1.44. The summed E-state index contributed by atoms with van der Waals surface area (Å²) in [6.45, 7) is 0. The number of rotatable bonds is 4. The van der Waals surface area contributed by atoms with Crippen molar-refractivity contribution in [3.63, 3.8) is 0 Å². The third-order valence-electron chi connectivity index (χ3n) is 6.60. The van der Waals surface area contributed by atoms with Gasteiger partial charge in [-0.1, -0.05) is 84.6 Å². The van der Waals surface area contributed by atoms with Gasteiger partial charge in [0, 0.05) is 6.20 Å². The minimum absolute atomic E-state index is 0.0922. The maximum absolute atomic E-state index is 13.9. The fraction of sp³-hybridized carbons (Fsp3) is 0.179. The predicted molar refractivity (Wildman–Crippen MR) is 141 cm³/mol. The molecule has 39 heavy (non-hydrogen) atoms. The van der Waals surface area contributed by atoms with Crippen LogP contribution in [0, 0.1) is 0 Å². The fourth-order valence-corrected chi connectivity index (χ4v) is 7.52. The Bertz CT molecular complexity index is 1570. The number of amides is 2. The summed E-state index contributed by atoms with van der Waals surface area (Å²) < 4.78 is 38.5. The van der Waals surface area contributed by atoms with Crippen molar-refractivity contribution >= 4 is 39.7 Å². The standard InChI is InChI=1S/C28H22N2O7S2/c31-23-15-18-8-7-13-21(14-18)39(34,35)37-28(29-23)22(17-30-24(32)16-25(30)38-28)27(33)36-26(19-9-3-1-4-10-19)20-11-5-2-6-12-20/h1-14,17,25-26H,15-16H2,(H,29,31)/t25-,28?/m1/s1. The van der Waals surface area contributed by atoms with Gasteiger partial charge in [-0.25, -0.2) is 8.98 Å². The van der Waals surface area contributed by atoms with Gasteiger partial charge in [0.05, 0.1) is 23.1 Å². The highest BCUT2D eigenvalue weighted by Crippen LogP contribution is 2.49. The van der Waals surface area contributed by atoms with Crippen LogP contribution in [0.25, 0.3) is 0 Å². The van der Waals surface area contributed by atoms with Crippen molar-refractivity contribution in [2.24, 2.45) is 0 Å². The van der Waals surface area contributed by atoms with E-state index < -0.39 is 38.5 Å². The molecule has 2 atom stereocenters. The number of fused-ring (bicyclic) bond motifs is 3. The van der Waals surface area contributed by atoms with Crippen LogP contribution in [0.5, 0.6) is 0 Å². The number of nitrogens with zero attached hydrogens (tertiary/aromatic N) is 1. The second-order valence-corrected chi connectivity index (χ2v) is 12.2. The number of benzene rings is 3. The average Bonchev–Trinajstić information content (AvgIpc) is 2.94. The summed E-state index contributed by atoms with van der Waals surface area (Å²) in [5, 5.41) is -0.0484. The predicted octanol–water partition coefficient (Wildman–Crippen LogP) is 3.24. The molecule has 1 fully saturated rings. The van der Waals surface area contributed by atoms with Crippen LogP contribution in [-0.2, 0) is 39.8 Å². The first-order valence-electron chi connectivity index (χ1n) is 12.1. The van der Waals surface area contributed by atoms with E-state index in [4.69, 9.17) is 8.92 Å². The van der Waals surface area contributed by atoms with Crippen molar-refractivity contribution < 1.29 is 31.7 Å². The van der Waals surface area contributed by atoms with Crippen LogP contribution in [0.3, 0.4) is 0 Å². The summed E-state index contributed by atoms with van der Waals surface area (Å²) in [4.78, 5) is 40.6. The zero-order chi connectivity index (χ0) is 27.2. The van der Waals surface area contributed by atoms with E-state index in [-0.39, 0.29) is 29.2 Å². The van der Waals surface area contributed by atoms with Crippen LogP contribution in [0.2, 0.25) is 0 Å². The molecule has 0 saturated carbocycles. The second kappa shape index (κ2) is 9.67. The van der Waals surface area contributed by atoms with Crippen LogP contribution in [-0.4, -0.2) is 41.5 Å². The molecule has 11 heteroatoms. The molecule has 6 rings (SSSR count). The lowest BCUT2D eigenvalue weighted by molar-refractivity contribution is -0.145. The molecule has 1 spiro atoms. The molecule has 198 valence electrons. The summed E-state index contributed by atoms with van der Waals surface area (Å²) in [7, 11) is -4.45. The molecule has 3 aliphatic heterocycles. The molecule has 9 nitrogen and oxygen atoms in total. The zero-order valence-electron chi connectivity index (χ0n) is 20.4. The quantitative estimate of drug-likeness (QED) is 0.293. The van der Waals surface area contributed by atoms with Gasteiger partial charge in [-0.2, -0.15) is 8.42 Å². The number of esters is 1. The molecule has 2 amide bonds. The fourth-order valence-electron chi connectivity index (χ4n) is 4.68. The summed E-state index contributed by atoms with van der Waals surface area (Å²) in [5.41, 5.74) is 1.50. The van der Waals surface area contributed by atoms with Gasteiger partial charge in [0.25, 0.3) is 10.1 Å². The van der Waals surface area contributed by atoms with E-state index in [9.17, 15) is 22.8 Å². The Hall–Kier alpha value is -3.93. The second-order valence-electron chi connectivity index (χ2n) is 9.25. The monoisotopic (exact) mass is 562 g/mol. The van der Waals surface area contributed by atoms with Crippen LogP contribution in [0.15, 0.2) is 102 Å². The SMILES string of the molecule is O=C1Cc2cccc(c2)S(=O)(=O)OC2(N1)S[C@@H]1CC(=O)N1C=C2C(=O)OC(c1ccccc1)c1ccccc1. The van der Waals surface area contributed by atoms with E-state index in [1.54, 1.807) is 30.3 Å². The first-order valence-corrected chi connectivity index (χ1v) is 14.4. The van der Waals surface area contributed by atoms with Crippen molar-refractivity contribution in [1.82, 2.24) is 10.2 Å². The van der Waals surface area contributed by atoms with E-state index in [0.717, 1.165) is 11.8 Å². The highest BCUT2D eigenvalue weighted by Gasteiger charge is 2.56. The Morgan fingerprint density at radius 3 is 2.31 bits per heavy atom. The Morgan fingerprint density at radius 2 is 1.67 bits per heavy atom. The van der Waals surface area contributed by atoms with Crippen molar-refractivity contribution in [3.05, 3.63) is 113 Å². The highest BCUT2D eigenvalue weighted by atomic mass is 32.2. The van der Waals surface area contributed by atoms with Crippen LogP contribution in [0.1, 0.15) is 29.2 Å². The molecule has 3 aromatic rings. The van der Waals surface area contributed by atoms with Crippen LogP contribution >= 0.6 is 11.8 Å². The Morgan fingerprint density at radius 1 is 1.00 bits per heavy atom. The molecular weight excluding hydrogens is 540 g/mol. The average molecular weight is 563 g/mol. The van der Waals surface area contributed by atoms with Gasteiger partial charge in [-0.15, -0.1) is 0 Å². The Kier molecular flexibility index (Phi) is 6.29. The number of thioether (sulfide) groups is 1. The number of ether oxygens (including phenoxy) is 1. The largest absolute Gasteiger partial charge is 0.449 e. The Labute approximate surface area is 228 Å². The molecule has 3 aromatic carbocycles. The molecule has 0 aromatic heterocycles. The summed E-state index contributed by atoms with van der Waals surface area (Å²) in [6.07, 6.45) is 0.327. The van der Waals surface area contributed by atoms with E-state index in [2.05, 4.69) is 5.32 Å². The lowest BCUT2D eigenvalue weighted by Gasteiger charge is -2.48. The van der Waals surface area contributed by atoms with Crippen molar-refractivity contribution in [3.8, 4) is 0 Å². The molecule has 2 bridgehead atoms. The third kappa shape index (κ3) is 4.73. The molecule has 0 radical (unpaired) electrons. The van der Waals surface area contributed by atoms with Crippen molar-refractivity contribution in [2.75, 3.05) is 0 Å². The zero-order valence-corrected chi connectivity index (χ0v) is 22.0. The minimum Gasteiger partial charge on any atom is -0.449 e. The molecule has 1 unspecified atom stereocenters. The lowest BCUT2D eigenvalue weighted by atomic mass is 10.0. The minimum atomic E-state index is -4.45. The number of β-lactam (4-membered cyclic amide) rings is 1. The van der Waals surface area contributed by atoms with E-state index in [1.165, 1.54) is 29.3 Å². The maximum Gasteiger partial charge on any atom is 0.342 e. The van der Waals surface area contributed by atoms with E-state index >= 15 is 0 Å². The first kappa shape index (κ1) is 25.4. The molecule has 1 N–H and O–H groups in total. The number of carbonyl (C=O) groups is 3. The first-order chi connectivity index (χ1) is 18.7. The number of hydrogen-bond donors (Lipinski definition) is 1. The number of nitrogens with one attached hydrogen (secondary N) is 1. The van der Waals surface area contributed by atoms with E-state index in [0.29, 0.717) is 16.7 Å². The van der Waals surface area contributed by atoms with Crippen LogP contribution < -0.4 is 5.32 Å². The lowest BCUT2D eigenvalue weighted by Crippen LogP contribution is -2.61. The van der Waals surface area contributed by atoms with Gasteiger partial charge in [-0.3, -0.25) is 9.59 Å². The van der Waals surface area contributed by atoms with Crippen molar-refractivity contribution in [1.29, 1.82) is 0 Å². The van der Waals surface area contributed by atoms with E-state index in [1.807, 2.05) is 36.4 Å². The molecule has 1 saturated heterocycles. The summed E-state index contributed by atoms with van der Waals surface area (Å²) in [5.74, 6) is -1.75. The van der Waals surface area contributed by atoms with Gasteiger partial charge in [-0.05, 0) is 28.8 Å². The van der Waals surface area contributed by atoms with Gasteiger partial charge in [0.15, 0.2) is 6.10 Å². The number of carbonyl (C=O) groups excluding carboxylic acids is 3.